The van der Waals surface area contributed by atoms with E-state index in [0.717, 1.165) is 5.56 Å². The number of aryl methyl sites for hydroxylation is 2. The van der Waals surface area contributed by atoms with E-state index in [4.69, 9.17) is 4.42 Å². The zero-order valence-electron chi connectivity index (χ0n) is 16.6. The van der Waals surface area contributed by atoms with Crippen molar-refractivity contribution in [3.05, 3.63) is 71.6 Å². The maximum absolute atomic E-state index is 12.3. The van der Waals surface area contributed by atoms with E-state index in [0.29, 0.717) is 31.2 Å². The molecule has 0 aliphatic rings. The smallest absolute Gasteiger partial charge is 0.247 e. The van der Waals surface area contributed by atoms with Crippen LogP contribution in [0, 0.1) is 6.92 Å². The minimum atomic E-state index is -0.0298. The topological polar surface area (TPSA) is 71.3 Å². The minimum Gasteiger partial charge on any atom is -0.421 e. The fraction of sp³-hybridized carbons (Fsp3) is 0.318. The molecular formula is C22H26N4O2. The average Bonchev–Trinajstić information content (AvgIpc) is 3.17. The number of aromatic nitrogens is 2. The van der Waals surface area contributed by atoms with Gasteiger partial charge in [0.25, 0.3) is 0 Å². The molecule has 146 valence electrons. The highest BCUT2D eigenvalue weighted by Crippen LogP contribution is 2.19. The number of hydrogen-bond acceptors (Lipinski definition) is 5. The van der Waals surface area contributed by atoms with Gasteiger partial charge < -0.3 is 14.6 Å². The Balaban J connectivity index is 1.51. The summed E-state index contributed by atoms with van der Waals surface area (Å²) in [6.07, 6.45) is 0.729. The first-order chi connectivity index (χ1) is 13.5. The average molecular weight is 378 g/mol. The molecule has 0 saturated carbocycles. The summed E-state index contributed by atoms with van der Waals surface area (Å²) in [7, 11) is 4.02. The van der Waals surface area contributed by atoms with E-state index in [1.54, 1.807) is 0 Å². The third kappa shape index (κ3) is 5.27. The molecule has 0 radical (unpaired) electrons. The molecule has 3 rings (SSSR count). The number of amides is 1. The quantitative estimate of drug-likeness (QED) is 0.650. The number of likely N-dealkylation sites (N-methyl/N-ethyl adjacent to an activating group) is 1. The van der Waals surface area contributed by atoms with Crippen molar-refractivity contribution in [1.82, 2.24) is 20.4 Å². The van der Waals surface area contributed by atoms with Crippen LogP contribution in [0.25, 0.3) is 11.5 Å². The summed E-state index contributed by atoms with van der Waals surface area (Å²) in [4.78, 5) is 14.4. The maximum atomic E-state index is 12.3. The number of carbonyl (C=O) groups excluding carboxylic acids is 1. The van der Waals surface area contributed by atoms with Gasteiger partial charge in [0.05, 0.1) is 6.04 Å². The molecule has 1 unspecified atom stereocenters. The summed E-state index contributed by atoms with van der Waals surface area (Å²) in [6, 6.07) is 18.2. The summed E-state index contributed by atoms with van der Waals surface area (Å²) in [5.74, 6) is 0.919. The number of rotatable bonds is 8. The summed E-state index contributed by atoms with van der Waals surface area (Å²) >= 11 is 0. The van der Waals surface area contributed by atoms with Gasteiger partial charge in [-0.15, -0.1) is 10.2 Å². The lowest BCUT2D eigenvalue weighted by Gasteiger charge is -2.25. The number of carbonyl (C=O) groups is 1. The predicted octanol–water partition coefficient (Wildman–Crippen LogP) is 3.40. The van der Waals surface area contributed by atoms with E-state index in [2.05, 4.69) is 32.5 Å². The fourth-order valence-corrected chi connectivity index (χ4v) is 2.96. The van der Waals surface area contributed by atoms with E-state index in [1.165, 1.54) is 11.1 Å². The highest BCUT2D eigenvalue weighted by Gasteiger charge is 2.16. The van der Waals surface area contributed by atoms with Crippen LogP contribution < -0.4 is 5.32 Å². The second kappa shape index (κ2) is 9.28. The van der Waals surface area contributed by atoms with Crippen LogP contribution in [0.2, 0.25) is 0 Å². The Labute approximate surface area is 165 Å². The van der Waals surface area contributed by atoms with Crippen molar-refractivity contribution >= 4 is 5.91 Å². The van der Waals surface area contributed by atoms with Crippen LogP contribution in [0.5, 0.6) is 0 Å². The molecule has 0 fully saturated rings. The molecule has 0 aliphatic carbocycles. The van der Waals surface area contributed by atoms with Crippen molar-refractivity contribution in [2.75, 3.05) is 20.6 Å². The Kier molecular flexibility index (Phi) is 6.55. The maximum Gasteiger partial charge on any atom is 0.247 e. The first kappa shape index (κ1) is 19.8. The summed E-state index contributed by atoms with van der Waals surface area (Å²) in [6.45, 7) is 2.58. The lowest BCUT2D eigenvalue weighted by atomic mass is 10.1. The van der Waals surface area contributed by atoms with Gasteiger partial charge in [0.1, 0.15) is 0 Å². The number of nitrogens with one attached hydrogen (secondary N) is 1. The highest BCUT2D eigenvalue weighted by atomic mass is 16.4. The lowest BCUT2D eigenvalue weighted by molar-refractivity contribution is -0.121. The molecule has 0 saturated heterocycles. The zero-order chi connectivity index (χ0) is 19.9. The van der Waals surface area contributed by atoms with Gasteiger partial charge in [0, 0.05) is 24.9 Å². The third-order valence-electron chi connectivity index (χ3n) is 4.63. The van der Waals surface area contributed by atoms with Crippen molar-refractivity contribution in [3.8, 4) is 11.5 Å². The second-order valence-corrected chi connectivity index (χ2v) is 7.06. The van der Waals surface area contributed by atoms with Gasteiger partial charge in [-0.2, -0.15) is 0 Å². The Morgan fingerprint density at radius 2 is 1.79 bits per heavy atom. The second-order valence-electron chi connectivity index (χ2n) is 7.06. The van der Waals surface area contributed by atoms with E-state index in [9.17, 15) is 4.79 Å². The number of hydrogen-bond donors (Lipinski definition) is 1. The van der Waals surface area contributed by atoms with Gasteiger partial charge in [-0.1, -0.05) is 48.0 Å². The van der Waals surface area contributed by atoms with Crippen LogP contribution in [0.1, 0.15) is 29.5 Å². The van der Waals surface area contributed by atoms with Gasteiger partial charge >= 0.3 is 0 Å². The molecule has 6 nitrogen and oxygen atoms in total. The molecule has 2 aromatic carbocycles. The monoisotopic (exact) mass is 378 g/mol. The van der Waals surface area contributed by atoms with Crippen molar-refractivity contribution in [2.24, 2.45) is 0 Å². The van der Waals surface area contributed by atoms with Gasteiger partial charge in [-0.05, 0) is 38.7 Å². The molecular weight excluding hydrogens is 352 g/mol. The van der Waals surface area contributed by atoms with Gasteiger partial charge in [-0.25, -0.2) is 0 Å². The molecule has 0 bridgehead atoms. The first-order valence-corrected chi connectivity index (χ1v) is 9.40. The summed E-state index contributed by atoms with van der Waals surface area (Å²) in [5, 5.41) is 11.1. The number of benzene rings is 2. The lowest BCUT2D eigenvalue weighted by Crippen LogP contribution is -2.34. The molecule has 0 spiro atoms. The van der Waals surface area contributed by atoms with E-state index < -0.39 is 0 Å². The summed E-state index contributed by atoms with van der Waals surface area (Å²) < 4.78 is 5.68. The Morgan fingerprint density at radius 1 is 1.07 bits per heavy atom. The van der Waals surface area contributed by atoms with Crippen LogP contribution in [-0.2, 0) is 11.2 Å². The minimum absolute atomic E-state index is 0.0298. The molecule has 3 aromatic rings. The van der Waals surface area contributed by atoms with Gasteiger partial charge in [-0.3, -0.25) is 4.79 Å². The van der Waals surface area contributed by atoms with Crippen LogP contribution in [0.3, 0.4) is 0 Å². The van der Waals surface area contributed by atoms with Crippen molar-refractivity contribution in [1.29, 1.82) is 0 Å². The highest BCUT2D eigenvalue weighted by molar-refractivity contribution is 5.76. The summed E-state index contributed by atoms with van der Waals surface area (Å²) in [5.41, 5.74) is 3.23. The molecule has 1 heterocycles. The van der Waals surface area contributed by atoms with E-state index >= 15 is 0 Å². The molecule has 1 aromatic heterocycles. The first-order valence-electron chi connectivity index (χ1n) is 9.40. The Morgan fingerprint density at radius 3 is 2.46 bits per heavy atom. The van der Waals surface area contributed by atoms with E-state index in [-0.39, 0.29) is 11.9 Å². The van der Waals surface area contributed by atoms with Crippen LogP contribution in [-0.4, -0.2) is 41.6 Å². The fourth-order valence-electron chi connectivity index (χ4n) is 2.96. The Hall–Kier alpha value is -2.99. The normalized spacial score (nSPS) is 12.1. The van der Waals surface area contributed by atoms with Crippen LogP contribution >= 0.6 is 0 Å². The molecule has 28 heavy (non-hydrogen) atoms. The molecule has 0 aliphatic heterocycles. The zero-order valence-corrected chi connectivity index (χ0v) is 16.6. The third-order valence-corrected chi connectivity index (χ3v) is 4.63. The molecule has 6 heteroatoms. The van der Waals surface area contributed by atoms with Crippen LogP contribution in [0.15, 0.2) is 59.0 Å². The Bertz CT molecular complexity index is 888. The molecule has 1 atom stereocenters. The van der Waals surface area contributed by atoms with Gasteiger partial charge in [0.2, 0.25) is 17.7 Å². The van der Waals surface area contributed by atoms with E-state index in [1.807, 2.05) is 63.5 Å². The molecule has 1 N–H and O–H groups in total. The standard InChI is InChI=1S/C22H26N4O2/c1-16-9-11-18(12-10-16)22-25-24-21(28-22)14-13-20(27)23-15-19(26(2)3)17-7-5-4-6-8-17/h4-12,19H,13-15H2,1-3H3,(H,23,27). The molecule has 1 amide bonds. The van der Waals surface area contributed by atoms with Crippen molar-refractivity contribution in [3.63, 3.8) is 0 Å². The van der Waals surface area contributed by atoms with Gasteiger partial charge in [0.15, 0.2) is 0 Å². The van der Waals surface area contributed by atoms with Crippen molar-refractivity contribution < 1.29 is 9.21 Å². The number of nitrogens with zero attached hydrogens (tertiary/aromatic N) is 3. The van der Waals surface area contributed by atoms with Crippen LogP contribution in [0.4, 0.5) is 0 Å². The van der Waals surface area contributed by atoms with Crippen molar-refractivity contribution in [2.45, 2.75) is 25.8 Å². The SMILES string of the molecule is Cc1ccc(-c2nnc(CCC(=O)NCC(c3ccccc3)N(C)C)o2)cc1. The largest absolute Gasteiger partial charge is 0.421 e. The predicted molar refractivity (Wildman–Crippen MR) is 109 cm³/mol.